The highest BCUT2D eigenvalue weighted by Gasteiger charge is 2.07. The topological polar surface area (TPSA) is 53.5 Å². The van der Waals surface area contributed by atoms with Crippen molar-refractivity contribution in [2.75, 3.05) is 6.61 Å². The van der Waals surface area contributed by atoms with E-state index in [1.54, 1.807) is 18.5 Å². The molecule has 5 nitrogen and oxygen atoms in total. The first-order chi connectivity index (χ1) is 11.8. The Bertz CT molecular complexity index is 734. The summed E-state index contributed by atoms with van der Waals surface area (Å²) in [5, 5.41) is 0. The number of hydrogen-bond donors (Lipinski definition) is 0. The van der Waals surface area contributed by atoms with Gasteiger partial charge in [0.15, 0.2) is 0 Å². The van der Waals surface area contributed by atoms with E-state index in [4.69, 9.17) is 14.2 Å². The Morgan fingerprint density at radius 3 is 2.12 bits per heavy atom. The summed E-state index contributed by atoms with van der Waals surface area (Å²) in [7, 11) is 0. The van der Waals surface area contributed by atoms with Crippen molar-refractivity contribution in [3.8, 4) is 23.3 Å². The van der Waals surface area contributed by atoms with Crippen LogP contribution in [0.3, 0.4) is 0 Å². The fourth-order valence-electron chi connectivity index (χ4n) is 2.00. The molecule has 0 saturated heterocycles. The van der Waals surface area contributed by atoms with Crippen LogP contribution in [0, 0.1) is 0 Å². The van der Waals surface area contributed by atoms with Gasteiger partial charge in [-0.25, -0.2) is 9.97 Å². The van der Waals surface area contributed by atoms with Crippen molar-refractivity contribution in [3.05, 3.63) is 73.1 Å². The highest BCUT2D eigenvalue weighted by atomic mass is 16.5. The normalized spacial score (nSPS) is 11.5. The molecule has 0 fully saturated rings. The summed E-state index contributed by atoms with van der Waals surface area (Å²) in [5.74, 6) is 2.31. The van der Waals surface area contributed by atoms with Crippen LogP contribution in [0.2, 0.25) is 0 Å². The van der Waals surface area contributed by atoms with E-state index >= 15 is 0 Å². The van der Waals surface area contributed by atoms with Crippen molar-refractivity contribution >= 4 is 0 Å². The van der Waals surface area contributed by atoms with Gasteiger partial charge in [-0.3, -0.25) is 0 Å². The Morgan fingerprint density at radius 1 is 0.792 bits per heavy atom. The number of rotatable bonds is 7. The zero-order valence-electron chi connectivity index (χ0n) is 13.3. The third kappa shape index (κ3) is 4.71. The van der Waals surface area contributed by atoms with Crippen LogP contribution in [-0.2, 0) is 0 Å². The SMILES string of the molecule is CC(COc1ccc(Oc2ccccc2)cc1)Oc1ncccn1. The van der Waals surface area contributed by atoms with Gasteiger partial charge in [0.2, 0.25) is 0 Å². The molecule has 1 atom stereocenters. The molecule has 122 valence electrons. The van der Waals surface area contributed by atoms with Crippen LogP contribution in [0.25, 0.3) is 0 Å². The van der Waals surface area contributed by atoms with Crippen LogP contribution in [0.5, 0.6) is 23.3 Å². The van der Waals surface area contributed by atoms with Gasteiger partial charge in [-0.1, -0.05) is 18.2 Å². The highest BCUT2D eigenvalue weighted by molar-refractivity contribution is 5.35. The van der Waals surface area contributed by atoms with Crippen molar-refractivity contribution in [2.24, 2.45) is 0 Å². The molecule has 5 heteroatoms. The number of hydrogen-bond acceptors (Lipinski definition) is 5. The molecule has 0 spiro atoms. The Kier molecular flexibility index (Phi) is 5.24. The lowest BCUT2D eigenvalue weighted by Crippen LogP contribution is -2.22. The van der Waals surface area contributed by atoms with E-state index in [2.05, 4.69) is 9.97 Å². The van der Waals surface area contributed by atoms with E-state index in [9.17, 15) is 0 Å². The minimum atomic E-state index is -0.160. The molecule has 0 bridgehead atoms. The average molecular weight is 322 g/mol. The number of para-hydroxylation sites is 1. The fraction of sp³-hybridized carbons (Fsp3) is 0.158. The van der Waals surface area contributed by atoms with Gasteiger partial charge in [0.05, 0.1) is 0 Å². The van der Waals surface area contributed by atoms with E-state index in [1.165, 1.54) is 0 Å². The molecular weight excluding hydrogens is 304 g/mol. The summed E-state index contributed by atoms with van der Waals surface area (Å²) in [4.78, 5) is 8.04. The number of ether oxygens (including phenoxy) is 3. The van der Waals surface area contributed by atoms with Gasteiger partial charge in [0.25, 0.3) is 0 Å². The first-order valence-electron chi connectivity index (χ1n) is 7.69. The van der Waals surface area contributed by atoms with Crippen molar-refractivity contribution in [2.45, 2.75) is 13.0 Å². The predicted octanol–water partition coefficient (Wildman–Crippen LogP) is 4.12. The van der Waals surface area contributed by atoms with Gasteiger partial charge in [-0.15, -0.1) is 0 Å². The number of nitrogens with zero attached hydrogens (tertiary/aromatic N) is 2. The van der Waals surface area contributed by atoms with E-state index < -0.39 is 0 Å². The van der Waals surface area contributed by atoms with Crippen LogP contribution in [0.1, 0.15) is 6.92 Å². The van der Waals surface area contributed by atoms with E-state index in [0.717, 1.165) is 17.2 Å². The maximum Gasteiger partial charge on any atom is 0.316 e. The van der Waals surface area contributed by atoms with Crippen LogP contribution in [0.15, 0.2) is 73.1 Å². The summed E-state index contributed by atoms with van der Waals surface area (Å²) in [6.45, 7) is 2.31. The molecule has 0 aliphatic rings. The molecule has 1 heterocycles. The van der Waals surface area contributed by atoms with Crippen LogP contribution < -0.4 is 14.2 Å². The van der Waals surface area contributed by atoms with Crippen molar-refractivity contribution in [1.29, 1.82) is 0 Å². The van der Waals surface area contributed by atoms with Crippen molar-refractivity contribution in [3.63, 3.8) is 0 Å². The second kappa shape index (κ2) is 7.97. The monoisotopic (exact) mass is 322 g/mol. The molecular formula is C19H18N2O3. The van der Waals surface area contributed by atoms with Gasteiger partial charge in [0.1, 0.15) is 30.0 Å². The largest absolute Gasteiger partial charge is 0.490 e. The fourth-order valence-corrected chi connectivity index (χ4v) is 2.00. The maximum atomic E-state index is 5.74. The number of benzene rings is 2. The Balaban J connectivity index is 1.49. The second-order valence-electron chi connectivity index (χ2n) is 5.16. The molecule has 0 saturated carbocycles. The zero-order chi connectivity index (χ0) is 16.6. The van der Waals surface area contributed by atoms with Gasteiger partial charge >= 0.3 is 6.01 Å². The van der Waals surface area contributed by atoms with Crippen molar-refractivity contribution in [1.82, 2.24) is 9.97 Å². The summed E-state index contributed by atoms with van der Waals surface area (Å²) in [6, 6.07) is 19.2. The minimum absolute atomic E-state index is 0.160. The van der Waals surface area contributed by atoms with Gasteiger partial charge in [0, 0.05) is 12.4 Å². The van der Waals surface area contributed by atoms with Gasteiger partial charge in [-0.05, 0) is 49.4 Å². The maximum absolute atomic E-state index is 5.74. The summed E-state index contributed by atoms with van der Waals surface area (Å²) < 4.78 is 17.0. The number of aromatic nitrogens is 2. The molecule has 1 unspecified atom stereocenters. The van der Waals surface area contributed by atoms with E-state index in [-0.39, 0.29) is 6.10 Å². The van der Waals surface area contributed by atoms with E-state index in [1.807, 2.05) is 61.5 Å². The lowest BCUT2D eigenvalue weighted by atomic mass is 10.3. The first-order valence-corrected chi connectivity index (χ1v) is 7.69. The Morgan fingerprint density at radius 2 is 1.42 bits per heavy atom. The molecule has 3 aromatic rings. The molecule has 24 heavy (non-hydrogen) atoms. The lowest BCUT2D eigenvalue weighted by molar-refractivity contribution is 0.132. The molecule has 0 amide bonds. The average Bonchev–Trinajstić information content (AvgIpc) is 2.63. The van der Waals surface area contributed by atoms with Crippen LogP contribution in [0.4, 0.5) is 0 Å². The predicted molar refractivity (Wildman–Crippen MR) is 90.6 cm³/mol. The van der Waals surface area contributed by atoms with E-state index in [0.29, 0.717) is 12.6 Å². The van der Waals surface area contributed by atoms with Gasteiger partial charge < -0.3 is 14.2 Å². The quantitative estimate of drug-likeness (QED) is 0.655. The van der Waals surface area contributed by atoms with Gasteiger partial charge in [-0.2, -0.15) is 0 Å². The Labute approximate surface area is 140 Å². The molecule has 0 aliphatic heterocycles. The molecule has 1 aromatic heterocycles. The lowest BCUT2D eigenvalue weighted by Gasteiger charge is -2.14. The third-order valence-electron chi connectivity index (χ3n) is 3.14. The highest BCUT2D eigenvalue weighted by Crippen LogP contribution is 2.23. The molecule has 3 rings (SSSR count). The summed E-state index contributed by atoms with van der Waals surface area (Å²) in [5.41, 5.74) is 0. The zero-order valence-corrected chi connectivity index (χ0v) is 13.3. The van der Waals surface area contributed by atoms with Crippen LogP contribution in [-0.4, -0.2) is 22.7 Å². The summed E-state index contributed by atoms with van der Waals surface area (Å²) in [6.07, 6.45) is 3.12. The minimum Gasteiger partial charge on any atom is -0.490 e. The third-order valence-corrected chi connectivity index (χ3v) is 3.14. The second-order valence-corrected chi connectivity index (χ2v) is 5.16. The Hall–Kier alpha value is -3.08. The summed E-state index contributed by atoms with van der Waals surface area (Å²) >= 11 is 0. The molecule has 0 N–H and O–H groups in total. The molecule has 0 radical (unpaired) electrons. The smallest absolute Gasteiger partial charge is 0.316 e. The first kappa shape index (κ1) is 15.8. The van der Waals surface area contributed by atoms with Crippen LogP contribution >= 0.6 is 0 Å². The standard InChI is InChI=1S/C19H18N2O3/c1-15(23-19-20-12-5-13-21-19)14-22-16-8-10-18(11-9-16)24-17-6-3-2-4-7-17/h2-13,15H,14H2,1H3. The molecule has 0 aliphatic carbocycles. The van der Waals surface area contributed by atoms with Crippen molar-refractivity contribution < 1.29 is 14.2 Å². The molecule has 2 aromatic carbocycles.